The molecule has 0 saturated carbocycles. The van der Waals surface area contributed by atoms with E-state index in [0.29, 0.717) is 37.6 Å². The molecular weight excluding hydrogens is 339 g/mol. The summed E-state index contributed by atoms with van der Waals surface area (Å²) in [5, 5.41) is 11.0. The summed E-state index contributed by atoms with van der Waals surface area (Å²) in [5.74, 6) is -0.896. The summed E-state index contributed by atoms with van der Waals surface area (Å²) < 4.78 is 19.6. The molecule has 2 aromatic rings. The number of anilines is 1. The predicted octanol–water partition coefficient (Wildman–Crippen LogP) is 3.47. The number of hydrogen-bond donors (Lipinski definition) is 0. The van der Waals surface area contributed by atoms with E-state index in [2.05, 4.69) is 0 Å². The average Bonchev–Trinajstić information content (AvgIpc) is 2.66. The Labute approximate surface area is 149 Å². The fourth-order valence-electron chi connectivity index (χ4n) is 2.78. The van der Waals surface area contributed by atoms with Crippen LogP contribution in [0.5, 0.6) is 0 Å². The molecule has 0 bridgehead atoms. The number of carbonyl (C=O) groups excluding carboxylic acids is 1. The molecular formula is C19H17FN2O4. The summed E-state index contributed by atoms with van der Waals surface area (Å²) in [5.41, 5.74) is 0.850. The molecule has 1 aliphatic rings. The van der Waals surface area contributed by atoms with Crippen molar-refractivity contribution in [3.05, 3.63) is 75.6 Å². The van der Waals surface area contributed by atoms with Gasteiger partial charge in [-0.1, -0.05) is 12.1 Å². The van der Waals surface area contributed by atoms with Crippen LogP contribution < -0.4 is 4.90 Å². The Kier molecular flexibility index (Phi) is 5.38. The van der Waals surface area contributed by atoms with E-state index in [1.165, 1.54) is 24.3 Å². The molecule has 0 N–H and O–H groups in total. The van der Waals surface area contributed by atoms with Crippen LogP contribution in [0.15, 0.2) is 48.5 Å². The number of ketones is 1. The summed E-state index contributed by atoms with van der Waals surface area (Å²) in [7, 11) is 0. The van der Waals surface area contributed by atoms with Crippen molar-refractivity contribution in [2.24, 2.45) is 0 Å². The molecule has 1 heterocycles. The first kappa shape index (κ1) is 17.8. The van der Waals surface area contributed by atoms with Crippen LogP contribution in [-0.4, -0.2) is 37.0 Å². The highest BCUT2D eigenvalue weighted by Gasteiger charge is 2.16. The van der Waals surface area contributed by atoms with Crippen molar-refractivity contribution >= 4 is 23.2 Å². The second-order valence-electron chi connectivity index (χ2n) is 5.78. The van der Waals surface area contributed by atoms with Crippen LogP contribution in [0.4, 0.5) is 15.8 Å². The molecule has 1 saturated heterocycles. The number of ether oxygens (including phenoxy) is 1. The van der Waals surface area contributed by atoms with Gasteiger partial charge in [0.2, 0.25) is 0 Å². The van der Waals surface area contributed by atoms with E-state index in [0.717, 1.165) is 0 Å². The maximum atomic E-state index is 14.4. The number of hydrogen-bond acceptors (Lipinski definition) is 5. The predicted molar refractivity (Wildman–Crippen MR) is 95.9 cm³/mol. The molecule has 2 aromatic carbocycles. The minimum Gasteiger partial charge on any atom is -0.378 e. The zero-order chi connectivity index (χ0) is 18.5. The van der Waals surface area contributed by atoms with Crippen molar-refractivity contribution in [2.75, 3.05) is 31.2 Å². The largest absolute Gasteiger partial charge is 0.378 e. The lowest BCUT2D eigenvalue weighted by Crippen LogP contribution is -2.36. The van der Waals surface area contributed by atoms with Gasteiger partial charge >= 0.3 is 0 Å². The summed E-state index contributed by atoms with van der Waals surface area (Å²) in [4.78, 5) is 24.6. The summed E-state index contributed by atoms with van der Waals surface area (Å²) in [6.07, 6.45) is 2.58. The lowest BCUT2D eigenvalue weighted by atomic mass is 10.1. The molecule has 0 amide bonds. The second kappa shape index (κ2) is 7.88. The van der Waals surface area contributed by atoms with Gasteiger partial charge in [-0.25, -0.2) is 4.39 Å². The molecule has 1 fully saturated rings. The molecule has 0 aliphatic carbocycles. The van der Waals surface area contributed by atoms with Gasteiger partial charge in [0, 0.05) is 24.7 Å². The fourth-order valence-corrected chi connectivity index (χ4v) is 2.78. The van der Waals surface area contributed by atoms with E-state index in [9.17, 15) is 19.3 Å². The van der Waals surface area contributed by atoms with Crippen LogP contribution in [-0.2, 0) is 4.74 Å². The number of nitro benzene ring substituents is 1. The Bertz CT molecular complexity index is 860. The highest BCUT2D eigenvalue weighted by molar-refractivity contribution is 6.07. The van der Waals surface area contributed by atoms with Crippen LogP contribution in [0.1, 0.15) is 15.9 Å². The third kappa shape index (κ3) is 3.94. The van der Waals surface area contributed by atoms with Crippen LogP contribution >= 0.6 is 0 Å². The highest BCUT2D eigenvalue weighted by atomic mass is 19.1. The third-order valence-corrected chi connectivity index (χ3v) is 4.13. The smallest absolute Gasteiger partial charge is 0.276 e. The molecule has 26 heavy (non-hydrogen) atoms. The first-order valence-corrected chi connectivity index (χ1v) is 8.14. The van der Waals surface area contributed by atoms with E-state index in [1.807, 2.05) is 4.90 Å². The lowest BCUT2D eigenvalue weighted by Gasteiger charge is -2.29. The van der Waals surface area contributed by atoms with Gasteiger partial charge in [-0.05, 0) is 36.4 Å². The monoisotopic (exact) mass is 356 g/mol. The maximum absolute atomic E-state index is 14.4. The molecule has 0 aromatic heterocycles. The number of nitro groups is 1. The number of carbonyl (C=O) groups is 1. The molecule has 0 unspecified atom stereocenters. The highest BCUT2D eigenvalue weighted by Crippen LogP contribution is 2.23. The number of allylic oxidation sites excluding steroid dienone is 1. The zero-order valence-corrected chi connectivity index (χ0v) is 13.9. The van der Waals surface area contributed by atoms with Crippen molar-refractivity contribution in [3.8, 4) is 0 Å². The summed E-state index contributed by atoms with van der Waals surface area (Å²) >= 11 is 0. The molecule has 1 aliphatic heterocycles. The van der Waals surface area contributed by atoms with Crippen molar-refractivity contribution in [1.29, 1.82) is 0 Å². The van der Waals surface area contributed by atoms with Gasteiger partial charge in [0.1, 0.15) is 5.82 Å². The van der Waals surface area contributed by atoms with Gasteiger partial charge in [0.05, 0.1) is 29.4 Å². The van der Waals surface area contributed by atoms with Gasteiger partial charge in [0.15, 0.2) is 5.78 Å². The molecule has 3 rings (SSSR count). The van der Waals surface area contributed by atoms with Crippen LogP contribution in [0.3, 0.4) is 0 Å². The standard InChI is InChI=1S/C19H17FN2O4/c20-16-13-15(5-7-18(16)21-9-11-26-12-10-21)19(23)8-6-14-3-1-2-4-17(14)22(24)25/h1-8,13H,9-12H2/b8-6-. The summed E-state index contributed by atoms with van der Waals surface area (Å²) in [6.45, 7) is 2.28. The first-order chi connectivity index (χ1) is 12.6. The number of benzene rings is 2. The molecule has 0 radical (unpaired) electrons. The van der Waals surface area contributed by atoms with Gasteiger partial charge in [-0.15, -0.1) is 0 Å². The topological polar surface area (TPSA) is 72.7 Å². The van der Waals surface area contributed by atoms with Crippen LogP contribution in [0, 0.1) is 15.9 Å². The van der Waals surface area contributed by atoms with Crippen molar-refractivity contribution < 1.29 is 18.8 Å². The fraction of sp³-hybridized carbons (Fsp3) is 0.211. The van der Waals surface area contributed by atoms with Gasteiger partial charge in [0.25, 0.3) is 5.69 Å². The average molecular weight is 356 g/mol. The Morgan fingerprint density at radius 2 is 1.92 bits per heavy atom. The Morgan fingerprint density at radius 3 is 2.62 bits per heavy atom. The Balaban J connectivity index is 1.78. The Hall–Kier alpha value is -3.06. The second-order valence-corrected chi connectivity index (χ2v) is 5.78. The van der Waals surface area contributed by atoms with Crippen molar-refractivity contribution in [1.82, 2.24) is 0 Å². The SMILES string of the molecule is O=C(/C=C\c1ccccc1[N+](=O)[O-])c1ccc(N2CCOCC2)c(F)c1. The zero-order valence-electron chi connectivity index (χ0n) is 13.9. The van der Waals surface area contributed by atoms with E-state index in [4.69, 9.17) is 4.74 Å². The van der Waals surface area contributed by atoms with Crippen molar-refractivity contribution in [2.45, 2.75) is 0 Å². The minimum absolute atomic E-state index is 0.0922. The van der Waals surface area contributed by atoms with E-state index < -0.39 is 16.5 Å². The van der Waals surface area contributed by atoms with E-state index in [-0.39, 0.29) is 11.3 Å². The number of morpholine rings is 1. The number of nitrogens with zero attached hydrogens (tertiary/aromatic N) is 2. The lowest BCUT2D eigenvalue weighted by molar-refractivity contribution is -0.385. The van der Waals surface area contributed by atoms with Crippen LogP contribution in [0.25, 0.3) is 6.08 Å². The van der Waals surface area contributed by atoms with E-state index in [1.54, 1.807) is 30.3 Å². The normalized spacial score (nSPS) is 14.6. The Morgan fingerprint density at radius 1 is 1.19 bits per heavy atom. The van der Waals surface area contributed by atoms with Gasteiger partial charge in [-0.2, -0.15) is 0 Å². The van der Waals surface area contributed by atoms with Gasteiger partial charge < -0.3 is 9.64 Å². The van der Waals surface area contributed by atoms with Gasteiger partial charge in [-0.3, -0.25) is 14.9 Å². The maximum Gasteiger partial charge on any atom is 0.276 e. The quantitative estimate of drug-likeness (QED) is 0.355. The van der Waals surface area contributed by atoms with E-state index >= 15 is 0 Å². The molecule has 0 atom stereocenters. The molecule has 134 valence electrons. The molecule has 0 spiro atoms. The summed E-state index contributed by atoms with van der Waals surface area (Å²) in [6, 6.07) is 10.4. The van der Waals surface area contributed by atoms with Crippen LogP contribution in [0.2, 0.25) is 0 Å². The molecule has 7 heteroatoms. The number of para-hydroxylation sites is 1. The molecule has 6 nitrogen and oxygen atoms in total. The minimum atomic E-state index is -0.513. The number of halogens is 1. The third-order valence-electron chi connectivity index (χ3n) is 4.13. The number of rotatable bonds is 5. The first-order valence-electron chi connectivity index (χ1n) is 8.14. The van der Waals surface area contributed by atoms with Crippen molar-refractivity contribution in [3.63, 3.8) is 0 Å².